The first-order valence-electron chi connectivity index (χ1n) is 41.7. The number of hydrogen-bond donors (Lipinski definition) is 3. The maximum atomic E-state index is 13.1. The van der Waals surface area contributed by atoms with E-state index in [-0.39, 0.29) is 25.7 Å². The van der Waals surface area contributed by atoms with Gasteiger partial charge in [0.1, 0.15) is 19.3 Å². The summed E-state index contributed by atoms with van der Waals surface area (Å²) < 4.78 is 68.6. The van der Waals surface area contributed by atoms with E-state index < -0.39 is 97.5 Å². The number of aliphatic hydroxyl groups is 1. The SMILES string of the molecule is CC/C=C\C/C=C\C/C=C\C/C=C\C/C=C\C/C=C\CCC(=O)OC[C@H](COP(=O)(O)OC[C@@H](O)COP(=O)(O)OC[C@@H](COC(=O)CCCCCCCCC/C=C\CCCCCC)OC(=O)CCCCCCCCC/C=C\CCCCCC)OC(=O)CCCCC/C=C\C/C=C\C/C=C\C/C=C\C/C=C\CC. The van der Waals surface area contributed by atoms with Gasteiger partial charge in [-0.3, -0.25) is 37.3 Å². The first-order valence-corrected chi connectivity index (χ1v) is 44.7. The van der Waals surface area contributed by atoms with Crippen LogP contribution in [0.3, 0.4) is 0 Å². The minimum atomic E-state index is -5.01. The average molecular weight is 1550 g/mol. The molecule has 0 rings (SSSR count). The standard InChI is InChI=1S/C89H148O17P2/c1-5-9-13-17-21-25-29-33-37-39-41-43-47-50-54-58-62-66-70-74-87(92)100-80-85(106-89(94)76-72-68-64-60-56-52-48-44-42-40-38-34-30-26-22-18-14-10-6-2)82-104-108(97,98)102-78-83(90)77-101-107(95,96)103-81-84(105-88(93)75-71-67-63-59-55-51-46-36-32-28-24-20-16-12-8-4)79-99-86(91)73-69-65-61-57-53-49-45-35-31-27-23-19-15-11-7-3/h9-10,13-14,21-22,25-28,31-34,37-38,41-44,50,52,54,56,62,66,83-85,90H,5-8,11-12,15-20,23-24,29-30,35-36,39-40,45-49,51,53,55,57-61,63-65,67-82H2,1-4H3,(H,95,96)(H,97,98)/b13-9-,14-10-,25-21-,26-22-,31-27-,32-28-,37-33-,38-34-,43-41-,44-42-,54-50-,56-52-,66-62-/t83-,84+,85+/m0/s1. The lowest BCUT2D eigenvalue weighted by Crippen LogP contribution is -2.30. The summed E-state index contributed by atoms with van der Waals surface area (Å²) in [5, 5.41) is 10.7. The van der Waals surface area contributed by atoms with Crippen molar-refractivity contribution in [2.45, 2.75) is 341 Å². The molecule has 0 saturated heterocycles. The van der Waals surface area contributed by atoms with Crippen LogP contribution in [0.1, 0.15) is 323 Å². The topological polar surface area (TPSA) is 237 Å². The lowest BCUT2D eigenvalue weighted by molar-refractivity contribution is -0.161. The zero-order valence-electron chi connectivity index (χ0n) is 67.5. The summed E-state index contributed by atoms with van der Waals surface area (Å²) in [4.78, 5) is 73.1. The molecule has 0 bridgehead atoms. The number of rotatable bonds is 77. The Balaban J connectivity index is 5.49. The quantitative estimate of drug-likeness (QED) is 0.0169. The van der Waals surface area contributed by atoms with Gasteiger partial charge in [0.05, 0.1) is 26.4 Å². The molecular formula is C89H148O17P2. The molecule has 0 aliphatic heterocycles. The fraction of sp³-hybridized carbons (Fsp3) is 0.663. The van der Waals surface area contributed by atoms with Crippen molar-refractivity contribution in [1.82, 2.24) is 0 Å². The molecule has 3 N–H and O–H groups in total. The Morgan fingerprint density at radius 3 is 0.815 bits per heavy atom. The molecule has 19 heteroatoms. The predicted octanol–water partition coefficient (Wildman–Crippen LogP) is 24.8. The van der Waals surface area contributed by atoms with Gasteiger partial charge < -0.3 is 33.8 Å². The Labute approximate surface area is 655 Å². The second kappa shape index (κ2) is 79.8. The zero-order valence-corrected chi connectivity index (χ0v) is 69.3. The van der Waals surface area contributed by atoms with Gasteiger partial charge in [0.2, 0.25) is 0 Å². The molecule has 0 fully saturated rings. The van der Waals surface area contributed by atoms with E-state index in [0.29, 0.717) is 32.1 Å². The van der Waals surface area contributed by atoms with Crippen LogP contribution in [-0.2, 0) is 65.4 Å². The van der Waals surface area contributed by atoms with Crippen LogP contribution in [0.4, 0.5) is 0 Å². The Bertz CT molecular complexity index is 2660. The highest BCUT2D eigenvalue weighted by molar-refractivity contribution is 7.47. The highest BCUT2D eigenvalue weighted by atomic mass is 31.2. The van der Waals surface area contributed by atoms with Gasteiger partial charge >= 0.3 is 39.5 Å². The molecule has 0 aromatic rings. The van der Waals surface area contributed by atoms with E-state index in [1.54, 1.807) is 0 Å². The molecule has 0 aromatic heterocycles. The number of aliphatic hydroxyl groups excluding tert-OH is 1. The van der Waals surface area contributed by atoms with E-state index in [4.69, 9.17) is 37.0 Å². The van der Waals surface area contributed by atoms with Crippen LogP contribution in [-0.4, -0.2) is 96.7 Å². The van der Waals surface area contributed by atoms with Crippen molar-refractivity contribution in [3.63, 3.8) is 0 Å². The number of phosphoric acid groups is 2. The predicted molar refractivity (Wildman–Crippen MR) is 445 cm³/mol. The largest absolute Gasteiger partial charge is 0.472 e. The lowest BCUT2D eigenvalue weighted by Gasteiger charge is -2.21. The summed E-state index contributed by atoms with van der Waals surface area (Å²) in [5.74, 6) is -2.32. The third-order valence-electron chi connectivity index (χ3n) is 17.0. The molecular weight excluding hydrogens is 1400 g/mol. The van der Waals surface area contributed by atoms with Crippen LogP contribution >= 0.6 is 15.6 Å². The number of ether oxygens (including phenoxy) is 4. The van der Waals surface area contributed by atoms with Gasteiger partial charge in [-0.05, 0) is 161 Å². The molecule has 0 aliphatic carbocycles. The molecule has 0 saturated carbocycles. The van der Waals surface area contributed by atoms with Gasteiger partial charge in [0.25, 0.3) is 0 Å². The highest BCUT2D eigenvalue weighted by Gasteiger charge is 2.30. The average Bonchev–Trinajstić information content (AvgIpc) is 0.896. The number of unbranched alkanes of at least 4 members (excludes halogenated alkanes) is 25. The number of carbonyl (C=O) groups is 4. The number of phosphoric ester groups is 2. The molecule has 2 unspecified atom stereocenters. The molecule has 17 nitrogen and oxygen atoms in total. The minimum absolute atomic E-state index is 0.0232. The number of hydrogen-bond acceptors (Lipinski definition) is 15. The zero-order chi connectivity index (χ0) is 78.9. The van der Waals surface area contributed by atoms with Crippen LogP contribution < -0.4 is 0 Å². The van der Waals surface area contributed by atoms with E-state index in [1.165, 1.54) is 64.2 Å². The van der Waals surface area contributed by atoms with Crippen LogP contribution in [0.5, 0.6) is 0 Å². The number of allylic oxidation sites excluding steroid dienone is 26. The van der Waals surface area contributed by atoms with Gasteiger partial charge in [-0.25, -0.2) is 9.13 Å². The van der Waals surface area contributed by atoms with Crippen molar-refractivity contribution in [2.75, 3.05) is 39.6 Å². The van der Waals surface area contributed by atoms with Gasteiger partial charge in [-0.1, -0.05) is 295 Å². The smallest absolute Gasteiger partial charge is 0.462 e. The minimum Gasteiger partial charge on any atom is -0.462 e. The number of esters is 4. The van der Waals surface area contributed by atoms with Crippen LogP contribution in [0.15, 0.2) is 158 Å². The van der Waals surface area contributed by atoms with E-state index in [0.717, 1.165) is 173 Å². The molecule has 5 atom stereocenters. The van der Waals surface area contributed by atoms with E-state index in [9.17, 15) is 43.2 Å². The van der Waals surface area contributed by atoms with Crippen molar-refractivity contribution in [3.05, 3.63) is 158 Å². The Hall–Kier alpha value is -5.32. The fourth-order valence-corrected chi connectivity index (χ4v) is 12.3. The van der Waals surface area contributed by atoms with Crippen molar-refractivity contribution in [1.29, 1.82) is 0 Å². The third-order valence-corrected chi connectivity index (χ3v) is 18.9. The lowest BCUT2D eigenvalue weighted by atomic mass is 10.1. The highest BCUT2D eigenvalue weighted by Crippen LogP contribution is 2.45. The first kappa shape index (κ1) is 103. The van der Waals surface area contributed by atoms with E-state index in [1.807, 2.05) is 18.2 Å². The second-order valence-electron chi connectivity index (χ2n) is 27.3. The second-order valence-corrected chi connectivity index (χ2v) is 30.2. The van der Waals surface area contributed by atoms with Gasteiger partial charge in [0.15, 0.2) is 12.2 Å². The molecule has 108 heavy (non-hydrogen) atoms. The summed E-state index contributed by atoms with van der Waals surface area (Å²) in [7, 11) is -10.0. The molecule has 0 heterocycles. The normalized spacial score (nSPS) is 14.6. The van der Waals surface area contributed by atoms with E-state index >= 15 is 0 Å². The third kappa shape index (κ3) is 78.8. The van der Waals surface area contributed by atoms with Crippen molar-refractivity contribution >= 4 is 39.5 Å². The van der Waals surface area contributed by atoms with Crippen molar-refractivity contribution in [2.24, 2.45) is 0 Å². The molecule has 0 aliphatic rings. The van der Waals surface area contributed by atoms with Crippen LogP contribution in [0.2, 0.25) is 0 Å². The molecule has 0 radical (unpaired) electrons. The Morgan fingerprint density at radius 2 is 0.500 bits per heavy atom. The maximum Gasteiger partial charge on any atom is 0.472 e. The van der Waals surface area contributed by atoms with Gasteiger partial charge in [-0.15, -0.1) is 0 Å². The first-order chi connectivity index (χ1) is 52.7. The van der Waals surface area contributed by atoms with Crippen molar-refractivity contribution in [3.8, 4) is 0 Å². The molecule has 0 aromatic carbocycles. The summed E-state index contributed by atoms with van der Waals surface area (Å²) >= 11 is 0. The summed E-state index contributed by atoms with van der Waals surface area (Å²) in [6.45, 7) is 4.51. The summed E-state index contributed by atoms with van der Waals surface area (Å²) in [5.41, 5.74) is 0. The van der Waals surface area contributed by atoms with Crippen LogP contribution in [0.25, 0.3) is 0 Å². The summed E-state index contributed by atoms with van der Waals surface area (Å²) in [6, 6.07) is 0. The summed E-state index contributed by atoms with van der Waals surface area (Å²) in [6.07, 6.45) is 93.7. The Morgan fingerprint density at radius 1 is 0.269 bits per heavy atom. The molecule has 616 valence electrons. The Kier molecular flexibility index (Phi) is 75.8. The number of carbonyl (C=O) groups excluding carboxylic acids is 4. The maximum absolute atomic E-state index is 13.1. The molecule has 0 spiro atoms. The van der Waals surface area contributed by atoms with Gasteiger partial charge in [-0.2, -0.15) is 0 Å². The van der Waals surface area contributed by atoms with E-state index in [2.05, 4.69) is 167 Å². The monoisotopic (exact) mass is 1550 g/mol. The molecule has 0 amide bonds. The van der Waals surface area contributed by atoms with Gasteiger partial charge in [0, 0.05) is 25.7 Å². The fourth-order valence-electron chi connectivity index (χ4n) is 10.7. The van der Waals surface area contributed by atoms with Crippen LogP contribution in [0, 0.1) is 0 Å². The van der Waals surface area contributed by atoms with Crippen molar-refractivity contribution < 1.29 is 80.2 Å².